The molecule has 0 saturated carbocycles. The monoisotopic (exact) mass is 163 g/mol. The van der Waals surface area contributed by atoms with Gasteiger partial charge in [-0.2, -0.15) is 0 Å². The SMILES string of the molecule is O=C(O)CCCN(CO)CO. The van der Waals surface area contributed by atoms with Gasteiger partial charge in [-0.05, 0) is 6.42 Å². The molecule has 0 aromatic rings. The third-order valence-electron chi connectivity index (χ3n) is 1.26. The average Bonchev–Trinajstić information content (AvgIpc) is 1.98. The summed E-state index contributed by atoms with van der Waals surface area (Å²) in [5.41, 5.74) is 0. The maximum Gasteiger partial charge on any atom is 0.303 e. The molecule has 0 amide bonds. The summed E-state index contributed by atoms with van der Waals surface area (Å²) in [5, 5.41) is 25.2. The maximum absolute atomic E-state index is 10.0. The Hall–Kier alpha value is -0.650. The number of carbonyl (C=O) groups is 1. The highest BCUT2D eigenvalue weighted by Crippen LogP contribution is 1.92. The second-order valence-electron chi connectivity index (χ2n) is 2.17. The molecule has 0 bridgehead atoms. The molecule has 0 aliphatic heterocycles. The minimum atomic E-state index is -0.860. The lowest BCUT2D eigenvalue weighted by Gasteiger charge is -2.14. The van der Waals surface area contributed by atoms with Gasteiger partial charge >= 0.3 is 5.97 Å². The van der Waals surface area contributed by atoms with Gasteiger partial charge < -0.3 is 15.3 Å². The Bertz CT molecular complexity index is 113. The number of hydrogen-bond donors (Lipinski definition) is 3. The number of hydrogen-bond acceptors (Lipinski definition) is 4. The van der Waals surface area contributed by atoms with E-state index in [4.69, 9.17) is 15.3 Å². The van der Waals surface area contributed by atoms with Gasteiger partial charge in [0.2, 0.25) is 0 Å². The summed E-state index contributed by atoms with van der Waals surface area (Å²) >= 11 is 0. The van der Waals surface area contributed by atoms with Crippen molar-refractivity contribution in [1.82, 2.24) is 4.90 Å². The van der Waals surface area contributed by atoms with Crippen LogP contribution in [0, 0.1) is 0 Å². The van der Waals surface area contributed by atoms with E-state index in [2.05, 4.69) is 0 Å². The van der Waals surface area contributed by atoms with Crippen molar-refractivity contribution in [3.05, 3.63) is 0 Å². The van der Waals surface area contributed by atoms with Crippen molar-refractivity contribution in [3.8, 4) is 0 Å². The highest BCUT2D eigenvalue weighted by Gasteiger charge is 2.02. The van der Waals surface area contributed by atoms with Gasteiger partial charge in [0.25, 0.3) is 0 Å². The topological polar surface area (TPSA) is 81.0 Å². The van der Waals surface area contributed by atoms with E-state index < -0.39 is 5.97 Å². The summed E-state index contributed by atoms with van der Waals surface area (Å²) in [5.74, 6) is -0.860. The Morgan fingerprint density at radius 2 is 1.82 bits per heavy atom. The molecule has 3 N–H and O–H groups in total. The first kappa shape index (κ1) is 10.3. The third kappa shape index (κ3) is 5.78. The van der Waals surface area contributed by atoms with Gasteiger partial charge in [0, 0.05) is 13.0 Å². The predicted octanol–water partition coefficient (Wildman–Crippen LogP) is -0.947. The van der Waals surface area contributed by atoms with Crippen molar-refractivity contribution in [3.63, 3.8) is 0 Å². The normalized spacial score (nSPS) is 10.5. The molecular weight excluding hydrogens is 150 g/mol. The molecular formula is C6H13NO4. The molecule has 5 heteroatoms. The number of aliphatic carboxylic acids is 1. The van der Waals surface area contributed by atoms with Gasteiger partial charge in [-0.15, -0.1) is 0 Å². The summed E-state index contributed by atoms with van der Waals surface area (Å²) in [4.78, 5) is 11.4. The second-order valence-corrected chi connectivity index (χ2v) is 2.17. The van der Waals surface area contributed by atoms with E-state index in [0.29, 0.717) is 13.0 Å². The fourth-order valence-electron chi connectivity index (χ4n) is 0.640. The first-order chi connectivity index (χ1) is 5.20. The molecule has 0 saturated heterocycles. The molecule has 0 rings (SSSR count). The molecule has 0 aliphatic rings. The van der Waals surface area contributed by atoms with E-state index in [0.717, 1.165) is 0 Å². The van der Waals surface area contributed by atoms with Crippen LogP contribution in [0.15, 0.2) is 0 Å². The summed E-state index contributed by atoms with van der Waals surface area (Å²) < 4.78 is 0. The van der Waals surface area contributed by atoms with Crippen LogP contribution in [0.2, 0.25) is 0 Å². The van der Waals surface area contributed by atoms with E-state index in [1.165, 1.54) is 4.90 Å². The predicted molar refractivity (Wildman–Crippen MR) is 37.7 cm³/mol. The van der Waals surface area contributed by atoms with Gasteiger partial charge in [0.15, 0.2) is 0 Å². The summed E-state index contributed by atoms with van der Waals surface area (Å²) in [6.07, 6.45) is 0.507. The first-order valence-electron chi connectivity index (χ1n) is 3.36. The second kappa shape index (κ2) is 6.09. The minimum absolute atomic E-state index is 0.0660. The zero-order chi connectivity index (χ0) is 8.69. The van der Waals surface area contributed by atoms with E-state index in [9.17, 15) is 4.79 Å². The smallest absolute Gasteiger partial charge is 0.303 e. The fourth-order valence-corrected chi connectivity index (χ4v) is 0.640. The van der Waals surface area contributed by atoms with Crippen molar-refractivity contribution in [2.75, 3.05) is 20.0 Å². The van der Waals surface area contributed by atoms with E-state index in [1.54, 1.807) is 0 Å². The molecule has 0 aliphatic carbocycles. The Kier molecular flexibility index (Phi) is 5.73. The molecule has 5 nitrogen and oxygen atoms in total. The maximum atomic E-state index is 10.0. The summed E-state index contributed by atoms with van der Waals surface area (Å²) in [7, 11) is 0. The van der Waals surface area contributed by atoms with Crippen molar-refractivity contribution < 1.29 is 20.1 Å². The Balaban J connectivity index is 3.28. The van der Waals surface area contributed by atoms with Gasteiger partial charge in [0.1, 0.15) is 0 Å². The van der Waals surface area contributed by atoms with Crippen LogP contribution in [0.25, 0.3) is 0 Å². The Labute approximate surface area is 64.9 Å². The lowest BCUT2D eigenvalue weighted by molar-refractivity contribution is -0.137. The number of rotatable bonds is 6. The Morgan fingerprint density at radius 1 is 1.27 bits per heavy atom. The van der Waals surface area contributed by atoms with E-state index in [-0.39, 0.29) is 19.9 Å². The number of carboxylic acids is 1. The van der Waals surface area contributed by atoms with Gasteiger partial charge in [-0.25, -0.2) is 0 Å². The molecule has 0 spiro atoms. The zero-order valence-electron chi connectivity index (χ0n) is 6.23. The number of nitrogens with zero attached hydrogens (tertiary/aromatic N) is 1. The van der Waals surface area contributed by atoms with Crippen LogP contribution in [-0.2, 0) is 4.79 Å². The van der Waals surface area contributed by atoms with Gasteiger partial charge in [-0.3, -0.25) is 9.69 Å². The molecule has 66 valence electrons. The van der Waals surface area contributed by atoms with Crippen molar-refractivity contribution in [1.29, 1.82) is 0 Å². The van der Waals surface area contributed by atoms with Crippen LogP contribution >= 0.6 is 0 Å². The first-order valence-corrected chi connectivity index (χ1v) is 3.36. The highest BCUT2D eigenvalue weighted by molar-refractivity contribution is 5.66. The number of carboxylic acid groups (broad SMARTS) is 1. The van der Waals surface area contributed by atoms with Crippen LogP contribution in [0.4, 0.5) is 0 Å². The van der Waals surface area contributed by atoms with Crippen molar-refractivity contribution in [2.45, 2.75) is 12.8 Å². The van der Waals surface area contributed by atoms with Crippen LogP contribution in [0.3, 0.4) is 0 Å². The molecule has 0 heterocycles. The van der Waals surface area contributed by atoms with Gasteiger partial charge in [0.05, 0.1) is 13.5 Å². The van der Waals surface area contributed by atoms with E-state index in [1.807, 2.05) is 0 Å². The summed E-state index contributed by atoms with van der Waals surface area (Å²) in [6.45, 7) is -0.0778. The van der Waals surface area contributed by atoms with Gasteiger partial charge in [-0.1, -0.05) is 0 Å². The molecule has 0 unspecified atom stereocenters. The van der Waals surface area contributed by atoms with Crippen LogP contribution in [0.1, 0.15) is 12.8 Å². The quantitative estimate of drug-likeness (QED) is 0.440. The van der Waals surface area contributed by atoms with Crippen LogP contribution < -0.4 is 0 Å². The van der Waals surface area contributed by atoms with E-state index >= 15 is 0 Å². The van der Waals surface area contributed by atoms with Crippen molar-refractivity contribution >= 4 is 5.97 Å². The molecule has 0 radical (unpaired) electrons. The number of aliphatic hydroxyl groups excluding tert-OH is 2. The minimum Gasteiger partial charge on any atom is -0.481 e. The fraction of sp³-hybridized carbons (Fsp3) is 0.833. The third-order valence-corrected chi connectivity index (χ3v) is 1.26. The number of aliphatic hydroxyl groups is 2. The highest BCUT2D eigenvalue weighted by atomic mass is 16.4. The summed E-state index contributed by atoms with van der Waals surface area (Å²) in [6, 6.07) is 0. The van der Waals surface area contributed by atoms with Crippen LogP contribution in [-0.4, -0.2) is 46.2 Å². The molecule has 0 aromatic heterocycles. The zero-order valence-corrected chi connectivity index (χ0v) is 6.23. The molecule has 0 atom stereocenters. The van der Waals surface area contributed by atoms with Crippen molar-refractivity contribution in [2.24, 2.45) is 0 Å². The average molecular weight is 163 g/mol. The lowest BCUT2D eigenvalue weighted by Crippen LogP contribution is -2.27. The molecule has 11 heavy (non-hydrogen) atoms. The van der Waals surface area contributed by atoms with Crippen LogP contribution in [0.5, 0.6) is 0 Å². The molecule has 0 aromatic carbocycles. The lowest BCUT2D eigenvalue weighted by atomic mass is 10.3. The molecule has 0 fully saturated rings. The largest absolute Gasteiger partial charge is 0.481 e. The Morgan fingerprint density at radius 3 is 2.18 bits per heavy atom. The standard InChI is InChI=1S/C6H13NO4/c8-4-7(5-9)3-1-2-6(10)11/h8-9H,1-5H2,(H,10,11).